The van der Waals surface area contributed by atoms with E-state index in [1.165, 1.54) is 0 Å². The summed E-state index contributed by atoms with van der Waals surface area (Å²) in [6.45, 7) is -1.67. The zero-order chi connectivity index (χ0) is 17.6. The Morgan fingerprint density at radius 3 is 3.18 bits per heavy atom. The molecule has 2 aliphatic heterocycles. The van der Waals surface area contributed by atoms with E-state index in [0.717, 1.165) is 16.7 Å². The van der Waals surface area contributed by atoms with Gasteiger partial charge in [-0.15, -0.1) is 0 Å². The molecule has 0 radical (unpaired) electrons. The van der Waals surface area contributed by atoms with Crippen molar-refractivity contribution in [2.75, 3.05) is 20.6 Å². The van der Waals surface area contributed by atoms with E-state index in [2.05, 4.69) is 0 Å². The Kier molecular flexibility index (Phi) is 1.75. The molecule has 3 atom stereocenters. The van der Waals surface area contributed by atoms with E-state index in [9.17, 15) is 5.11 Å². The highest BCUT2D eigenvalue weighted by Gasteiger charge is 2.61. The van der Waals surface area contributed by atoms with Crippen molar-refractivity contribution in [3.8, 4) is 11.5 Å². The van der Waals surface area contributed by atoms with Gasteiger partial charge in [0, 0.05) is 15.7 Å². The maximum Gasteiger partial charge on any atom is 0.169 e. The van der Waals surface area contributed by atoms with Gasteiger partial charge in [0.05, 0.1) is 12.5 Å². The molecule has 4 heteroatoms. The predicted octanol–water partition coefficient (Wildman–Crippen LogP) is 2.12. The van der Waals surface area contributed by atoms with Crippen LogP contribution in [0.25, 0.3) is 0 Å². The zero-order valence-corrected chi connectivity index (χ0v) is 12.3. The summed E-state index contributed by atoms with van der Waals surface area (Å²) in [5.41, 5.74) is 2.71. The third-order valence-corrected chi connectivity index (χ3v) is 5.68. The van der Waals surface area contributed by atoms with Crippen molar-refractivity contribution in [3.05, 3.63) is 46.7 Å². The van der Waals surface area contributed by atoms with Gasteiger partial charge in [-0.05, 0) is 49.6 Å². The lowest BCUT2D eigenvalue weighted by atomic mass is 9.57. The van der Waals surface area contributed by atoms with Crippen molar-refractivity contribution in [1.29, 1.82) is 0 Å². The Labute approximate surface area is 133 Å². The van der Waals surface area contributed by atoms with Crippen LogP contribution >= 0.6 is 0 Å². The molecule has 2 heterocycles. The van der Waals surface area contributed by atoms with E-state index in [0.29, 0.717) is 30.9 Å². The Morgan fingerprint density at radius 1 is 1.45 bits per heavy atom. The minimum atomic E-state index is -2.13. The van der Waals surface area contributed by atoms with Crippen LogP contribution in [0.3, 0.4) is 0 Å². The number of ether oxygens (including phenoxy) is 2. The molecule has 4 nitrogen and oxygen atoms in total. The smallest absolute Gasteiger partial charge is 0.169 e. The number of aromatic hydroxyl groups is 1. The number of rotatable bonds is 1. The molecule has 1 fully saturated rings. The highest BCUT2D eigenvalue weighted by atomic mass is 16.5. The summed E-state index contributed by atoms with van der Waals surface area (Å²) >= 11 is 0. The minimum Gasteiger partial charge on any atom is -0.504 e. The van der Waals surface area contributed by atoms with Crippen LogP contribution in [0.15, 0.2) is 35.6 Å². The number of hydrogen-bond acceptors (Lipinski definition) is 4. The van der Waals surface area contributed by atoms with Gasteiger partial charge in [-0.3, -0.25) is 4.90 Å². The molecule has 0 amide bonds. The summed E-state index contributed by atoms with van der Waals surface area (Å²) in [4.78, 5) is 1.63. The first-order valence-corrected chi connectivity index (χ1v) is 7.63. The maximum atomic E-state index is 10.3. The maximum absolute atomic E-state index is 10.3. The molecule has 0 unspecified atom stereocenters. The fraction of sp³-hybridized carbons (Fsp3) is 0.444. The molecule has 1 spiro atoms. The predicted molar refractivity (Wildman–Crippen MR) is 82.1 cm³/mol. The standard InChI is InChI=1S/C18H19NO3/c1-19-8-7-18-11-4-6-14(21-2)17(18)22-16-13(20)5-3-10(15(16)18)9-12(11)19/h3-6,12,17,20H,7-9H2,1-2H3/t12-,17+,18+/m1/s1/i1D3. The van der Waals surface area contributed by atoms with Gasteiger partial charge in [-0.2, -0.15) is 0 Å². The van der Waals surface area contributed by atoms with Crippen molar-refractivity contribution in [2.24, 2.45) is 0 Å². The summed E-state index contributed by atoms with van der Waals surface area (Å²) in [5.74, 6) is 1.38. The highest BCUT2D eigenvalue weighted by molar-refractivity contribution is 5.67. The molecule has 0 saturated carbocycles. The average molecular weight is 300 g/mol. The number of allylic oxidation sites excluding steroid dienone is 2. The van der Waals surface area contributed by atoms with Crippen LogP contribution in [0.5, 0.6) is 11.5 Å². The van der Waals surface area contributed by atoms with Gasteiger partial charge in [0.15, 0.2) is 17.6 Å². The number of piperidine rings is 1. The second kappa shape index (κ2) is 3.87. The van der Waals surface area contributed by atoms with Crippen LogP contribution < -0.4 is 4.74 Å². The largest absolute Gasteiger partial charge is 0.504 e. The molecule has 1 aromatic rings. The molecular formula is C18H19NO3. The van der Waals surface area contributed by atoms with Gasteiger partial charge < -0.3 is 14.6 Å². The van der Waals surface area contributed by atoms with E-state index in [1.54, 1.807) is 18.1 Å². The van der Waals surface area contributed by atoms with Crippen molar-refractivity contribution in [3.63, 3.8) is 0 Å². The normalized spacial score (nSPS) is 37.0. The summed E-state index contributed by atoms with van der Waals surface area (Å²) in [6, 6.07) is 3.35. The minimum absolute atomic E-state index is 0.133. The monoisotopic (exact) mass is 300 g/mol. The number of benzene rings is 1. The van der Waals surface area contributed by atoms with Crippen LogP contribution in [-0.2, 0) is 16.6 Å². The molecule has 0 aromatic heterocycles. The molecule has 1 saturated heterocycles. The quantitative estimate of drug-likeness (QED) is 0.862. The molecule has 4 aliphatic rings. The van der Waals surface area contributed by atoms with Crippen molar-refractivity contribution in [2.45, 2.75) is 30.4 Å². The second-order valence-corrected chi connectivity index (χ2v) is 6.48. The van der Waals surface area contributed by atoms with Gasteiger partial charge in [-0.1, -0.05) is 12.1 Å². The molecule has 22 heavy (non-hydrogen) atoms. The number of phenolic OH excluding ortho intramolecular Hbond substituents is 1. The van der Waals surface area contributed by atoms with Gasteiger partial charge in [0.25, 0.3) is 0 Å². The first-order valence-electron chi connectivity index (χ1n) is 9.13. The number of likely N-dealkylation sites (N-methyl/N-ethyl adjacent to an activating group) is 1. The molecule has 1 aromatic carbocycles. The number of likely N-dealkylation sites (tertiary alicyclic amines) is 1. The van der Waals surface area contributed by atoms with E-state index in [1.807, 2.05) is 18.2 Å². The van der Waals surface area contributed by atoms with Crippen molar-refractivity contribution in [1.82, 2.24) is 4.90 Å². The van der Waals surface area contributed by atoms with Gasteiger partial charge >= 0.3 is 0 Å². The number of nitrogens with zero attached hydrogens (tertiary/aromatic N) is 1. The molecule has 5 rings (SSSR count). The average Bonchev–Trinajstić information content (AvgIpc) is 2.90. The van der Waals surface area contributed by atoms with Crippen LogP contribution in [-0.4, -0.2) is 42.8 Å². The second-order valence-electron chi connectivity index (χ2n) is 6.48. The third kappa shape index (κ3) is 1.20. The lowest BCUT2D eigenvalue weighted by Crippen LogP contribution is -2.58. The Bertz CT molecular complexity index is 845. The molecular weight excluding hydrogens is 278 g/mol. The van der Waals surface area contributed by atoms with Crippen LogP contribution in [0.1, 0.15) is 21.7 Å². The fourth-order valence-corrected chi connectivity index (χ4v) is 4.78. The summed E-state index contributed by atoms with van der Waals surface area (Å²) in [7, 11) is 1.62. The molecule has 114 valence electrons. The van der Waals surface area contributed by atoms with Crippen LogP contribution in [0.4, 0.5) is 0 Å². The van der Waals surface area contributed by atoms with Crippen molar-refractivity contribution < 1.29 is 18.7 Å². The van der Waals surface area contributed by atoms with Gasteiger partial charge in [0.1, 0.15) is 5.76 Å². The zero-order valence-electron chi connectivity index (χ0n) is 15.3. The van der Waals surface area contributed by atoms with E-state index in [-0.39, 0.29) is 17.9 Å². The van der Waals surface area contributed by atoms with E-state index in [4.69, 9.17) is 13.6 Å². The molecule has 2 aliphatic carbocycles. The lowest BCUT2D eigenvalue weighted by molar-refractivity contribution is 0.0735. The first kappa shape index (κ1) is 9.95. The lowest BCUT2D eigenvalue weighted by Gasteiger charge is -2.52. The number of phenols is 1. The Hall–Kier alpha value is -1.94. The topological polar surface area (TPSA) is 41.9 Å². The highest BCUT2D eigenvalue weighted by Crippen LogP contribution is 2.62. The SMILES string of the molecule is [2H]C([2H])([2H])N1CC[C@@]23C4=CC=C(OC)[C@@H]2Oc2c(O)ccc(c23)C[C@H]41. The molecule has 1 N–H and O–H groups in total. The van der Waals surface area contributed by atoms with E-state index >= 15 is 0 Å². The fourth-order valence-electron chi connectivity index (χ4n) is 4.78. The van der Waals surface area contributed by atoms with Crippen LogP contribution in [0, 0.1) is 0 Å². The Balaban J connectivity index is 1.79. The first-order chi connectivity index (χ1) is 11.9. The van der Waals surface area contributed by atoms with Gasteiger partial charge in [0.2, 0.25) is 0 Å². The van der Waals surface area contributed by atoms with Gasteiger partial charge in [-0.25, -0.2) is 0 Å². The number of hydrogen-bond donors (Lipinski definition) is 1. The third-order valence-electron chi connectivity index (χ3n) is 5.68. The number of methoxy groups -OCH3 is 1. The van der Waals surface area contributed by atoms with E-state index < -0.39 is 12.4 Å². The summed E-state index contributed by atoms with van der Waals surface area (Å²) < 4.78 is 35.5. The van der Waals surface area contributed by atoms with Crippen molar-refractivity contribution >= 4 is 0 Å². The summed E-state index contributed by atoms with van der Waals surface area (Å²) in [5, 5.41) is 10.3. The Morgan fingerprint density at radius 2 is 2.36 bits per heavy atom. The summed E-state index contributed by atoms with van der Waals surface area (Å²) in [6.07, 6.45) is 4.77. The molecule has 2 bridgehead atoms. The van der Waals surface area contributed by atoms with Crippen LogP contribution in [0.2, 0.25) is 0 Å².